The average molecular weight is 326 g/mol. The van der Waals surface area contributed by atoms with Crippen molar-refractivity contribution in [2.75, 3.05) is 6.61 Å². The first-order valence-corrected chi connectivity index (χ1v) is 7.40. The number of nitrogens with zero attached hydrogens (tertiary/aromatic N) is 1. The van der Waals surface area contributed by atoms with Crippen LogP contribution in [0.25, 0.3) is 0 Å². The minimum atomic E-state index is -1.71. The number of thiophene rings is 1. The number of hydrogen-bond donors (Lipinski definition) is 4. The number of ether oxygens (including phenoxy) is 1. The van der Waals surface area contributed by atoms with Gasteiger partial charge in [0.2, 0.25) is 5.72 Å². The predicted molar refractivity (Wildman–Crippen MR) is 76.7 cm³/mol. The SMILES string of the molecule is O=c1ccn([C@]2(c3cccs3)O[C@H](CO)[C@@H](O)[C@H]2O)c(=O)[nH]1. The second-order valence-electron chi connectivity index (χ2n) is 4.93. The number of aromatic amines is 1. The van der Waals surface area contributed by atoms with Gasteiger partial charge in [-0.3, -0.25) is 14.3 Å². The van der Waals surface area contributed by atoms with Gasteiger partial charge in [0.05, 0.1) is 11.5 Å². The fourth-order valence-corrected chi connectivity index (χ4v) is 3.53. The monoisotopic (exact) mass is 326 g/mol. The van der Waals surface area contributed by atoms with E-state index in [1.807, 2.05) is 0 Å². The summed E-state index contributed by atoms with van der Waals surface area (Å²) in [4.78, 5) is 26.0. The summed E-state index contributed by atoms with van der Waals surface area (Å²) >= 11 is 1.22. The van der Waals surface area contributed by atoms with Crippen molar-refractivity contribution >= 4 is 11.3 Å². The van der Waals surface area contributed by atoms with Crippen molar-refractivity contribution < 1.29 is 20.1 Å². The molecule has 0 saturated carbocycles. The molecule has 1 aliphatic heterocycles. The Kier molecular flexibility index (Phi) is 3.75. The summed E-state index contributed by atoms with van der Waals surface area (Å²) in [6.07, 6.45) is -2.75. The van der Waals surface area contributed by atoms with Crippen LogP contribution in [0.5, 0.6) is 0 Å². The first kappa shape index (κ1) is 15.1. The Balaban J connectivity index is 2.26. The van der Waals surface area contributed by atoms with Crippen LogP contribution in [0, 0.1) is 0 Å². The van der Waals surface area contributed by atoms with Gasteiger partial charge in [0.25, 0.3) is 5.56 Å². The molecular weight excluding hydrogens is 312 g/mol. The van der Waals surface area contributed by atoms with Crippen molar-refractivity contribution in [3.05, 3.63) is 55.5 Å². The van der Waals surface area contributed by atoms with Gasteiger partial charge < -0.3 is 20.1 Å². The highest BCUT2D eigenvalue weighted by molar-refractivity contribution is 7.10. The van der Waals surface area contributed by atoms with Gasteiger partial charge in [-0.15, -0.1) is 11.3 Å². The molecule has 2 aromatic heterocycles. The molecule has 3 heterocycles. The van der Waals surface area contributed by atoms with Crippen molar-refractivity contribution in [2.24, 2.45) is 0 Å². The van der Waals surface area contributed by atoms with Crippen LogP contribution < -0.4 is 11.2 Å². The number of rotatable bonds is 3. The molecule has 4 atom stereocenters. The van der Waals surface area contributed by atoms with Crippen LogP contribution >= 0.6 is 11.3 Å². The molecule has 9 heteroatoms. The summed E-state index contributed by atoms with van der Waals surface area (Å²) in [5, 5.41) is 31.6. The highest BCUT2D eigenvalue weighted by atomic mass is 32.1. The number of aliphatic hydroxyl groups is 3. The first-order valence-electron chi connectivity index (χ1n) is 6.52. The Bertz CT molecular complexity index is 769. The molecule has 1 aliphatic rings. The third-order valence-electron chi connectivity index (χ3n) is 3.67. The molecule has 0 aromatic carbocycles. The minimum absolute atomic E-state index is 0.462. The lowest BCUT2D eigenvalue weighted by Crippen LogP contribution is -2.51. The molecule has 3 rings (SSSR count). The number of H-pyrrole nitrogens is 1. The molecule has 1 fully saturated rings. The highest BCUT2D eigenvalue weighted by Crippen LogP contribution is 2.42. The Morgan fingerprint density at radius 1 is 1.36 bits per heavy atom. The van der Waals surface area contributed by atoms with Crippen LogP contribution in [-0.2, 0) is 10.5 Å². The van der Waals surface area contributed by atoms with Gasteiger partial charge in [-0.1, -0.05) is 6.07 Å². The van der Waals surface area contributed by atoms with E-state index in [-0.39, 0.29) is 0 Å². The topological polar surface area (TPSA) is 125 Å². The molecule has 0 radical (unpaired) electrons. The quantitative estimate of drug-likeness (QED) is 0.539. The Labute approximate surface area is 127 Å². The molecule has 22 heavy (non-hydrogen) atoms. The zero-order valence-corrected chi connectivity index (χ0v) is 12.1. The minimum Gasteiger partial charge on any atom is -0.394 e. The molecule has 8 nitrogen and oxygen atoms in total. The van der Waals surface area contributed by atoms with Crippen molar-refractivity contribution in [1.82, 2.24) is 9.55 Å². The Morgan fingerprint density at radius 2 is 2.14 bits per heavy atom. The standard InChI is InChI=1S/C13H14N2O6S/c16-6-7-10(18)11(19)13(21-7,8-2-1-5-22-8)15-4-3-9(17)14-12(15)20/h1-5,7,10-11,16,18-19H,6H2,(H,14,17,20)/t7-,10-,11-,13-/m1/s1. The van der Waals surface area contributed by atoms with Crippen LogP contribution in [0.2, 0.25) is 0 Å². The molecule has 4 N–H and O–H groups in total. The van der Waals surface area contributed by atoms with E-state index in [9.17, 15) is 24.9 Å². The van der Waals surface area contributed by atoms with E-state index in [4.69, 9.17) is 4.74 Å². The number of nitrogens with one attached hydrogen (secondary N) is 1. The molecule has 0 unspecified atom stereocenters. The van der Waals surface area contributed by atoms with Crippen LogP contribution in [0.3, 0.4) is 0 Å². The fraction of sp³-hybridized carbons (Fsp3) is 0.385. The van der Waals surface area contributed by atoms with E-state index in [2.05, 4.69) is 4.98 Å². The molecule has 0 bridgehead atoms. The lowest BCUT2D eigenvalue weighted by atomic mass is 10.0. The summed E-state index contributed by atoms with van der Waals surface area (Å²) < 4.78 is 6.69. The smallest absolute Gasteiger partial charge is 0.331 e. The van der Waals surface area contributed by atoms with Gasteiger partial charge in [-0.2, -0.15) is 0 Å². The summed E-state index contributed by atoms with van der Waals surface area (Å²) in [7, 11) is 0. The summed E-state index contributed by atoms with van der Waals surface area (Å²) in [5.74, 6) is 0. The third kappa shape index (κ3) is 2.06. The van der Waals surface area contributed by atoms with Crippen molar-refractivity contribution in [3.63, 3.8) is 0 Å². The second-order valence-corrected chi connectivity index (χ2v) is 5.88. The van der Waals surface area contributed by atoms with Crippen molar-refractivity contribution in [3.8, 4) is 0 Å². The van der Waals surface area contributed by atoms with Crippen LogP contribution in [0.15, 0.2) is 39.4 Å². The Hall–Kier alpha value is -1.78. The summed E-state index contributed by atoms with van der Waals surface area (Å²) in [5.41, 5.74) is -3.08. The zero-order valence-electron chi connectivity index (χ0n) is 11.2. The largest absolute Gasteiger partial charge is 0.394 e. The van der Waals surface area contributed by atoms with E-state index >= 15 is 0 Å². The maximum absolute atomic E-state index is 12.2. The molecule has 1 saturated heterocycles. The molecule has 2 aromatic rings. The third-order valence-corrected chi connectivity index (χ3v) is 4.65. The molecule has 0 aliphatic carbocycles. The van der Waals surface area contributed by atoms with Crippen molar-refractivity contribution in [2.45, 2.75) is 24.0 Å². The summed E-state index contributed by atoms with van der Waals surface area (Å²) in [6.45, 7) is -0.524. The number of aliphatic hydroxyl groups excluding tert-OH is 3. The van der Waals surface area contributed by atoms with Crippen LogP contribution in [0.4, 0.5) is 0 Å². The molecule has 0 spiro atoms. The van der Waals surface area contributed by atoms with E-state index in [1.54, 1.807) is 17.5 Å². The normalized spacial score (nSPS) is 31.5. The number of hydrogen-bond acceptors (Lipinski definition) is 7. The van der Waals surface area contributed by atoms with Gasteiger partial charge in [0.15, 0.2) is 0 Å². The molecule has 0 amide bonds. The van der Waals surface area contributed by atoms with Gasteiger partial charge in [-0.05, 0) is 11.4 Å². The zero-order chi connectivity index (χ0) is 15.9. The van der Waals surface area contributed by atoms with E-state index in [0.29, 0.717) is 4.88 Å². The number of aromatic nitrogens is 2. The van der Waals surface area contributed by atoms with Crippen molar-refractivity contribution in [1.29, 1.82) is 0 Å². The van der Waals surface area contributed by atoms with Gasteiger partial charge in [0.1, 0.15) is 18.3 Å². The fourth-order valence-electron chi connectivity index (χ4n) is 2.63. The average Bonchev–Trinajstić information content (AvgIpc) is 3.10. The van der Waals surface area contributed by atoms with E-state index in [0.717, 1.165) is 10.6 Å². The summed E-state index contributed by atoms with van der Waals surface area (Å²) in [6, 6.07) is 4.45. The lowest BCUT2D eigenvalue weighted by Gasteiger charge is -2.32. The Morgan fingerprint density at radius 3 is 2.68 bits per heavy atom. The van der Waals surface area contributed by atoms with Gasteiger partial charge in [-0.25, -0.2) is 4.79 Å². The maximum atomic E-state index is 12.2. The predicted octanol–water partition coefficient (Wildman–Crippen LogP) is -1.59. The van der Waals surface area contributed by atoms with Gasteiger partial charge in [0, 0.05) is 12.3 Å². The molecule has 118 valence electrons. The first-order chi connectivity index (χ1) is 10.5. The van der Waals surface area contributed by atoms with E-state index in [1.165, 1.54) is 17.5 Å². The van der Waals surface area contributed by atoms with Crippen LogP contribution in [-0.4, -0.2) is 49.8 Å². The van der Waals surface area contributed by atoms with Gasteiger partial charge >= 0.3 is 5.69 Å². The molecular formula is C13H14N2O6S. The highest BCUT2D eigenvalue weighted by Gasteiger charge is 2.57. The maximum Gasteiger partial charge on any atom is 0.331 e. The van der Waals surface area contributed by atoms with Crippen LogP contribution in [0.1, 0.15) is 4.88 Å². The lowest BCUT2D eigenvalue weighted by molar-refractivity contribution is -0.118. The second kappa shape index (κ2) is 5.45. The van der Waals surface area contributed by atoms with E-state index < -0.39 is 41.9 Å².